The maximum absolute atomic E-state index is 13.0. The highest BCUT2D eigenvalue weighted by molar-refractivity contribution is 6.25. The number of benzene rings is 2. The standard InChI is InChI=1S/C20H19N5O3/c1-12-8-9-15(10-13(12)2)25-19(27)17-18(20(25)28)24(23-22-17)11-16(26)21-14-6-4-3-5-7-14/h3-10,17-18H,11H2,1-2H3,(H,21,26)/t17-,18+/m1/s1. The Morgan fingerprint density at radius 2 is 1.79 bits per heavy atom. The van der Waals surface area contributed by atoms with Gasteiger partial charge >= 0.3 is 0 Å². The van der Waals surface area contributed by atoms with Crippen LogP contribution in [0.4, 0.5) is 11.4 Å². The molecule has 8 heteroatoms. The second kappa shape index (κ2) is 6.88. The van der Waals surface area contributed by atoms with Crippen LogP contribution < -0.4 is 10.2 Å². The Hall–Kier alpha value is -3.55. The Bertz CT molecular complexity index is 989. The Kier molecular flexibility index (Phi) is 4.38. The first-order valence-corrected chi connectivity index (χ1v) is 8.93. The number of imide groups is 1. The van der Waals surface area contributed by atoms with Gasteiger partial charge in [0.05, 0.1) is 5.69 Å². The number of hydrogen-bond donors (Lipinski definition) is 1. The van der Waals surface area contributed by atoms with Gasteiger partial charge in [-0.15, -0.1) is 0 Å². The predicted octanol–water partition coefficient (Wildman–Crippen LogP) is 2.24. The second-order valence-electron chi connectivity index (χ2n) is 6.89. The number of carbonyl (C=O) groups excluding carboxylic acids is 3. The zero-order valence-corrected chi connectivity index (χ0v) is 15.5. The summed E-state index contributed by atoms with van der Waals surface area (Å²) in [7, 11) is 0. The molecule has 1 fully saturated rings. The first-order valence-electron chi connectivity index (χ1n) is 8.93. The van der Waals surface area contributed by atoms with Crippen molar-refractivity contribution in [3.63, 3.8) is 0 Å². The molecule has 0 saturated carbocycles. The smallest absolute Gasteiger partial charge is 0.263 e. The lowest BCUT2D eigenvalue weighted by atomic mass is 10.1. The minimum atomic E-state index is -0.918. The van der Waals surface area contributed by atoms with Crippen molar-refractivity contribution in [2.24, 2.45) is 10.3 Å². The van der Waals surface area contributed by atoms with E-state index in [4.69, 9.17) is 0 Å². The summed E-state index contributed by atoms with van der Waals surface area (Å²) in [6.07, 6.45) is 0. The highest BCUT2D eigenvalue weighted by Gasteiger charge is 2.55. The van der Waals surface area contributed by atoms with Crippen molar-refractivity contribution >= 4 is 29.1 Å². The van der Waals surface area contributed by atoms with E-state index >= 15 is 0 Å². The number of rotatable bonds is 4. The molecule has 0 bridgehead atoms. The maximum Gasteiger partial charge on any atom is 0.263 e. The predicted molar refractivity (Wildman–Crippen MR) is 103 cm³/mol. The second-order valence-corrected chi connectivity index (χ2v) is 6.89. The van der Waals surface area contributed by atoms with Gasteiger partial charge in [-0.1, -0.05) is 29.5 Å². The molecular formula is C20H19N5O3. The Morgan fingerprint density at radius 3 is 2.50 bits per heavy atom. The fourth-order valence-electron chi connectivity index (χ4n) is 3.34. The molecule has 0 unspecified atom stereocenters. The van der Waals surface area contributed by atoms with Crippen molar-refractivity contribution in [3.05, 3.63) is 59.7 Å². The minimum Gasteiger partial charge on any atom is -0.324 e. The van der Waals surface area contributed by atoms with Crippen LogP contribution in [0.15, 0.2) is 58.9 Å². The Labute approximate surface area is 161 Å². The van der Waals surface area contributed by atoms with E-state index in [0.717, 1.165) is 16.0 Å². The molecule has 2 atom stereocenters. The van der Waals surface area contributed by atoms with E-state index in [9.17, 15) is 14.4 Å². The van der Waals surface area contributed by atoms with Crippen LogP contribution in [0.5, 0.6) is 0 Å². The number of fused-ring (bicyclic) bond motifs is 1. The summed E-state index contributed by atoms with van der Waals surface area (Å²) >= 11 is 0. The third-order valence-electron chi connectivity index (χ3n) is 4.97. The van der Waals surface area contributed by atoms with Crippen LogP contribution in [0.25, 0.3) is 0 Å². The molecule has 1 saturated heterocycles. The molecule has 0 radical (unpaired) electrons. The molecule has 28 heavy (non-hydrogen) atoms. The zero-order chi connectivity index (χ0) is 19.8. The summed E-state index contributed by atoms with van der Waals surface area (Å²) in [4.78, 5) is 39.2. The van der Waals surface area contributed by atoms with Gasteiger partial charge in [0.1, 0.15) is 6.54 Å². The van der Waals surface area contributed by atoms with Crippen LogP contribution >= 0.6 is 0 Å². The van der Waals surface area contributed by atoms with E-state index in [1.54, 1.807) is 24.3 Å². The lowest BCUT2D eigenvalue weighted by Gasteiger charge is -2.20. The maximum atomic E-state index is 13.0. The number of hydrogen-bond acceptors (Lipinski definition) is 6. The summed E-state index contributed by atoms with van der Waals surface area (Å²) in [6.45, 7) is 3.72. The van der Waals surface area contributed by atoms with Gasteiger partial charge in [-0.25, -0.2) is 4.90 Å². The third kappa shape index (κ3) is 3.02. The minimum absolute atomic E-state index is 0.167. The van der Waals surface area contributed by atoms with Crippen molar-refractivity contribution in [3.8, 4) is 0 Å². The van der Waals surface area contributed by atoms with E-state index in [2.05, 4.69) is 15.7 Å². The van der Waals surface area contributed by atoms with Crippen molar-refractivity contribution < 1.29 is 14.4 Å². The SMILES string of the molecule is Cc1ccc(N2C(=O)[C@@H]3[C@@H](N=NN3CC(=O)Nc3ccccc3)C2=O)cc1C. The van der Waals surface area contributed by atoms with Crippen molar-refractivity contribution in [1.29, 1.82) is 0 Å². The summed E-state index contributed by atoms with van der Waals surface area (Å²) in [5.74, 6) is -1.18. The number of aryl methyl sites for hydroxylation is 2. The van der Waals surface area contributed by atoms with E-state index < -0.39 is 23.9 Å². The Balaban J connectivity index is 1.51. The lowest BCUT2D eigenvalue weighted by Crippen LogP contribution is -2.43. The van der Waals surface area contributed by atoms with Crippen LogP contribution in [0.3, 0.4) is 0 Å². The summed E-state index contributed by atoms with van der Waals surface area (Å²) < 4.78 is 0. The third-order valence-corrected chi connectivity index (χ3v) is 4.97. The van der Waals surface area contributed by atoms with Gasteiger partial charge in [0.25, 0.3) is 11.8 Å². The number of amides is 3. The van der Waals surface area contributed by atoms with Crippen LogP contribution in [0.1, 0.15) is 11.1 Å². The van der Waals surface area contributed by atoms with Crippen LogP contribution in [-0.4, -0.2) is 41.4 Å². The van der Waals surface area contributed by atoms with Crippen LogP contribution in [-0.2, 0) is 14.4 Å². The Morgan fingerprint density at radius 1 is 1.04 bits per heavy atom. The van der Waals surface area contributed by atoms with Crippen molar-refractivity contribution in [1.82, 2.24) is 5.01 Å². The molecule has 2 aliphatic heterocycles. The van der Waals surface area contributed by atoms with Gasteiger partial charge < -0.3 is 5.32 Å². The lowest BCUT2D eigenvalue weighted by molar-refractivity contribution is -0.123. The highest BCUT2D eigenvalue weighted by atomic mass is 16.2. The number of nitrogens with zero attached hydrogens (tertiary/aromatic N) is 4. The van der Waals surface area contributed by atoms with Gasteiger partial charge in [0.2, 0.25) is 5.91 Å². The van der Waals surface area contributed by atoms with Crippen LogP contribution in [0, 0.1) is 13.8 Å². The average Bonchev–Trinajstić information content (AvgIpc) is 3.18. The fourth-order valence-corrected chi connectivity index (χ4v) is 3.34. The zero-order valence-electron chi connectivity index (χ0n) is 15.5. The molecule has 2 aliphatic rings. The molecule has 2 heterocycles. The van der Waals surface area contributed by atoms with Gasteiger partial charge in [-0.3, -0.25) is 19.4 Å². The molecule has 142 valence electrons. The van der Waals surface area contributed by atoms with E-state index in [0.29, 0.717) is 11.4 Å². The molecular weight excluding hydrogens is 358 g/mol. The average molecular weight is 377 g/mol. The molecule has 0 aromatic heterocycles. The summed E-state index contributed by atoms with van der Waals surface area (Å²) in [5.41, 5.74) is 3.21. The molecule has 2 aromatic carbocycles. The molecule has 3 amide bonds. The van der Waals surface area contributed by atoms with Crippen molar-refractivity contribution in [2.45, 2.75) is 25.9 Å². The molecule has 8 nitrogen and oxygen atoms in total. The van der Waals surface area contributed by atoms with Gasteiger partial charge in [-0.05, 0) is 49.2 Å². The van der Waals surface area contributed by atoms with Crippen molar-refractivity contribution in [2.75, 3.05) is 16.8 Å². The molecule has 0 aliphatic carbocycles. The molecule has 2 aromatic rings. The summed E-state index contributed by atoms with van der Waals surface area (Å²) in [6, 6.07) is 12.6. The quantitative estimate of drug-likeness (QED) is 0.827. The number of nitrogens with one attached hydrogen (secondary N) is 1. The normalized spacial score (nSPS) is 20.6. The topological polar surface area (TPSA) is 94.4 Å². The number of carbonyl (C=O) groups is 3. The number of anilines is 2. The van der Waals surface area contributed by atoms with E-state index in [-0.39, 0.29) is 12.5 Å². The molecule has 4 rings (SSSR count). The van der Waals surface area contributed by atoms with E-state index in [1.165, 1.54) is 5.01 Å². The van der Waals surface area contributed by atoms with Gasteiger partial charge in [0, 0.05) is 5.69 Å². The highest BCUT2D eigenvalue weighted by Crippen LogP contribution is 2.32. The van der Waals surface area contributed by atoms with E-state index in [1.807, 2.05) is 38.1 Å². The number of para-hydroxylation sites is 1. The molecule has 1 N–H and O–H groups in total. The monoisotopic (exact) mass is 377 g/mol. The molecule has 0 spiro atoms. The first kappa shape index (κ1) is 17.8. The van der Waals surface area contributed by atoms with Gasteiger partial charge in [0.15, 0.2) is 12.1 Å². The first-order chi connectivity index (χ1) is 13.5. The van der Waals surface area contributed by atoms with Crippen LogP contribution in [0.2, 0.25) is 0 Å². The fraction of sp³-hybridized carbons (Fsp3) is 0.250. The summed E-state index contributed by atoms with van der Waals surface area (Å²) in [5, 5.41) is 11.9. The largest absolute Gasteiger partial charge is 0.324 e. The van der Waals surface area contributed by atoms with Gasteiger partial charge in [-0.2, -0.15) is 5.11 Å².